The molecule has 0 saturated heterocycles. The average Bonchev–Trinajstić information content (AvgIpc) is 3.14. The Balaban J connectivity index is 1.55. The minimum Gasteiger partial charge on any atom is -0.359 e. The second kappa shape index (κ2) is 7.68. The lowest BCUT2D eigenvalue weighted by molar-refractivity contribution is 0.102. The van der Waals surface area contributed by atoms with Crippen LogP contribution in [0.2, 0.25) is 0 Å². The van der Waals surface area contributed by atoms with Gasteiger partial charge in [0.15, 0.2) is 0 Å². The largest absolute Gasteiger partial charge is 0.359 e. The highest BCUT2D eigenvalue weighted by Gasteiger charge is 2.17. The van der Waals surface area contributed by atoms with E-state index in [9.17, 15) is 13.2 Å². The van der Waals surface area contributed by atoms with E-state index in [1.54, 1.807) is 42.5 Å². The second-order valence-corrected chi connectivity index (χ2v) is 8.78. The van der Waals surface area contributed by atoms with Gasteiger partial charge in [0.05, 0.1) is 16.1 Å². The molecule has 30 heavy (non-hydrogen) atoms. The van der Waals surface area contributed by atoms with Gasteiger partial charge in [0.1, 0.15) is 0 Å². The first kappa shape index (κ1) is 19.7. The molecule has 0 aliphatic rings. The number of benzene rings is 3. The number of H-pyrrole nitrogens is 1. The summed E-state index contributed by atoms with van der Waals surface area (Å²) in [5.74, 6) is -0.256. The van der Waals surface area contributed by atoms with Gasteiger partial charge >= 0.3 is 0 Å². The maximum absolute atomic E-state index is 12.9. The summed E-state index contributed by atoms with van der Waals surface area (Å²) in [6.45, 7) is 3.97. The van der Waals surface area contributed by atoms with Crippen molar-refractivity contribution in [2.24, 2.45) is 0 Å². The number of nitrogens with one attached hydrogen (secondary N) is 3. The summed E-state index contributed by atoms with van der Waals surface area (Å²) in [6.07, 6.45) is 1.86. The molecule has 0 bridgehead atoms. The van der Waals surface area contributed by atoms with Gasteiger partial charge in [-0.3, -0.25) is 9.52 Å². The number of carbonyl (C=O) groups excluding carboxylic acids is 1. The SMILES string of the molecule is Cc1ccc(NS(=O)(=O)c2ccc(NC(=O)c3ccccc3)cc2)c2[nH]cc(C)c12. The number of hydrogen-bond acceptors (Lipinski definition) is 3. The van der Waals surface area contributed by atoms with Crippen molar-refractivity contribution in [2.75, 3.05) is 10.0 Å². The van der Waals surface area contributed by atoms with Crippen LogP contribution in [0.3, 0.4) is 0 Å². The summed E-state index contributed by atoms with van der Waals surface area (Å²) >= 11 is 0. The van der Waals surface area contributed by atoms with Gasteiger partial charge in [0.2, 0.25) is 0 Å². The molecule has 3 N–H and O–H groups in total. The highest BCUT2D eigenvalue weighted by Crippen LogP contribution is 2.30. The van der Waals surface area contributed by atoms with Crippen LogP contribution in [-0.4, -0.2) is 19.3 Å². The lowest BCUT2D eigenvalue weighted by atomic mass is 10.1. The molecule has 0 aliphatic heterocycles. The van der Waals surface area contributed by atoms with Crippen LogP contribution in [0.5, 0.6) is 0 Å². The van der Waals surface area contributed by atoms with E-state index in [0.29, 0.717) is 16.9 Å². The first-order valence-electron chi connectivity index (χ1n) is 9.42. The Bertz CT molecular complexity index is 1330. The molecule has 4 aromatic rings. The molecule has 0 radical (unpaired) electrons. The highest BCUT2D eigenvalue weighted by molar-refractivity contribution is 7.92. The molecule has 0 spiro atoms. The van der Waals surface area contributed by atoms with Crippen LogP contribution in [0.25, 0.3) is 10.9 Å². The van der Waals surface area contributed by atoms with Gasteiger partial charge < -0.3 is 10.3 Å². The van der Waals surface area contributed by atoms with Crippen LogP contribution in [0.1, 0.15) is 21.5 Å². The minimum absolute atomic E-state index is 0.109. The minimum atomic E-state index is -3.79. The number of fused-ring (bicyclic) bond motifs is 1. The number of hydrogen-bond donors (Lipinski definition) is 3. The van der Waals surface area contributed by atoms with E-state index in [0.717, 1.165) is 22.0 Å². The van der Waals surface area contributed by atoms with E-state index in [2.05, 4.69) is 15.0 Å². The molecule has 6 nitrogen and oxygen atoms in total. The number of carbonyl (C=O) groups is 1. The molecule has 0 fully saturated rings. The summed E-state index contributed by atoms with van der Waals surface area (Å²) in [7, 11) is -3.79. The summed E-state index contributed by atoms with van der Waals surface area (Å²) in [5.41, 5.74) is 4.42. The number of aromatic nitrogens is 1. The standard InChI is InChI=1S/C23H21N3O3S/c1-15-8-13-20(22-21(15)16(2)14-24-22)26-30(28,29)19-11-9-18(10-12-19)25-23(27)17-6-4-3-5-7-17/h3-14,24,26H,1-2H3,(H,25,27). The third-order valence-corrected chi connectivity index (χ3v) is 6.33. The average molecular weight is 420 g/mol. The number of rotatable bonds is 5. The molecule has 7 heteroatoms. The lowest BCUT2D eigenvalue weighted by Crippen LogP contribution is -2.14. The predicted octanol–water partition coefficient (Wildman–Crippen LogP) is 4.84. The van der Waals surface area contributed by atoms with E-state index >= 15 is 0 Å². The van der Waals surface area contributed by atoms with Gasteiger partial charge in [-0.25, -0.2) is 8.42 Å². The van der Waals surface area contributed by atoms with Crippen molar-refractivity contribution in [3.05, 3.63) is 89.6 Å². The Labute approximate surface area is 175 Å². The fraction of sp³-hybridized carbons (Fsp3) is 0.0870. The zero-order valence-corrected chi connectivity index (χ0v) is 17.4. The lowest BCUT2D eigenvalue weighted by Gasteiger charge is -2.11. The van der Waals surface area contributed by atoms with Crippen molar-refractivity contribution in [2.45, 2.75) is 18.7 Å². The van der Waals surface area contributed by atoms with Crippen LogP contribution in [0, 0.1) is 13.8 Å². The monoisotopic (exact) mass is 419 g/mol. The van der Waals surface area contributed by atoms with Crippen LogP contribution >= 0.6 is 0 Å². The molecule has 0 saturated carbocycles. The zero-order valence-electron chi connectivity index (χ0n) is 16.6. The maximum Gasteiger partial charge on any atom is 0.261 e. The van der Waals surface area contributed by atoms with Gasteiger partial charge in [-0.2, -0.15) is 0 Å². The summed E-state index contributed by atoms with van der Waals surface area (Å²) < 4.78 is 28.4. The Morgan fingerprint density at radius 2 is 1.57 bits per heavy atom. The molecule has 0 atom stereocenters. The Hall–Kier alpha value is -3.58. The molecular formula is C23H21N3O3S. The van der Waals surface area contributed by atoms with Crippen molar-refractivity contribution in [1.29, 1.82) is 0 Å². The molecular weight excluding hydrogens is 398 g/mol. The quantitative estimate of drug-likeness (QED) is 0.432. The normalized spacial score (nSPS) is 11.4. The van der Waals surface area contributed by atoms with Gasteiger partial charge in [0.25, 0.3) is 15.9 Å². The van der Waals surface area contributed by atoms with Crippen molar-refractivity contribution < 1.29 is 13.2 Å². The van der Waals surface area contributed by atoms with E-state index in [1.165, 1.54) is 12.1 Å². The van der Waals surface area contributed by atoms with Crippen LogP contribution < -0.4 is 10.0 Å². The summed E-state index contributed by atoms with van der Waals surface area (Å²) in [6, 6.07) is 18.5. The third-order valence-electron chi connectivity index (χ3n) is 4.94. The predicted molar refractivity (Wildman–Crippen MR) is 119 cm³/mol. The Morgan fingerprint density at radius 3 is 2.27 bits per heavy atom. The van der Waals surface area contributed by atoms with Crippen LogP contribution in [0.15, 0.2) is 77.8 Å². The van der Waals surface area contributed by atoms with E-state index in [4.69, 9.17) is 0 Å². The van der Waals surface area contributed by atoms with E-state index < -0.39 is 10.0 Å². The number of aromatic amines is 1. The van der Waals surface area contributed by atoms with Crippen molar-refractivity contribution >= 4 is 38.2 Å². The Morgan fingerprint density at radius 1 is 0.867 bits per heavy atom. The zero-order chi connectivity index (χ0) is 21.3. The van der Waals surface area contributed by atoms with E-state index in [1.807, 2.05) is 32.2 Å². The smallest absolute Gasteiger partial charge is 0.261 e. The number of sulfonamides is 1. The van der Waals surface area contributed by atoms with Gasteiger partial charge in [0, 0.05) is 22.8 Å². The molecule has 1 aromatic heterocycles. The molecule has 3 aromatic carbocycles. The molecule has 0 aliphatic carbocycles. The summed E-state index contributed by atoms with van der Waals surface area (Å²) in [5, 5.41) is 3.77. The number of anilines is 2. The van der Waals surface area contributed by atoms with Crippen molar-refractivity contribution in [1.82, 2.24) is 4.98 Å². The molecule has 1 heterocycles. The first-order chi connectivity index (χ1) is 14.3. The van der Waals surface area contributed by atoms with Crippen LogP contribution in [0.4, 0.5) is 11.4 Å². The molecule has 0 unspecified atom stereocenters. The first-order valence-corrected chi connectivity index (χ1v) is 10.9. The van der Waals surface area contributed by atoms with Gasteiger partial charge in [-0.15, -0.1) is 0 Å². The second-order valence-electron chi connectivity index (χ2n) is 7.10. The van der Waals surface area contributed by atoms with Gasteiger partial charge in [-0.1, -0.05) is 24.3 Å². The molecule has 1 amide bonds. The highest BCUT2D eigenvalue weighted by atomic mass is 32.2. The maximum atomic E-state index is 12.9. The van der Waals surface area contributed by atoms with E-state index in [-0.39, 0.29) is 10.8 Å². The Kier molecular flexibility index (Phi) is 5.05. The molecule has 152 valence electrons. The topological polar surface area (TPSA) is 91.1 Å². The van der Waals surface area contributed by atoms with Crippen LogP contribution in [-0.2, 0) is 10.0 Å². The molecule has 4 rings (SSSR count). The number of amides is 1. The van der Waals surface area contributed by atoms with Gasteiger partial charge in [-0.05, 0) is 67.4 Å². The fourth-order valence-electron chi connectivity index (χ4n) is 3.42. The fourth-order valence-corrected chi connectivity index (χ4v) is 4.49. The van der Waals surface area contributed by atoms with Crippen molar-refractivity contribution in [3.63, 3.8) is 0 Å². The van der Waals surface area contributed by atoms with Crippen molar-refractivity contribution in [3.8, 4) is 0 Å². The number of aryl methyl sites for hydroxylation is 2. The third kappa shape index (κ3) is 3.79. The summed E-state index contributed by atoms with van der Waals surface area (Å²) in [4.78, 5) is 15.5.